The minimum absolute atomic E-state index is 0.208. The minimum atomic E-state index is -0.418. The van der Waals surface area contributed by atoms with Crippen molar-refractivity contribution >= 4 is 31.9 Å². The lowest BCUT2D eigenvalue weighted by Crippen LogP contribution is -2.29. The van der Waals surface area contributed by atoms with Crippen molar-refractivity contribution in [1.82, 2.24) is 5.43 Å². The Morgan fingerprint density at radius 3 is 2.50 bits per heavy atom. The molecule has 2 aromatic rings. The molecule has 3 N–H and O–H groups in total. The second kappa shape index (κ2) is 6.67. The molecule has 0 saturated heterocycles. The topological polar surface area (TPSA) is 47.3 Å². The molecule has 2 rings (SSSR count). The van der Waals surface area contributed by atoms with Crippen LogP contribution in [0.15, 0.2) is 45.3 Å². The van der Waals surface area contributed by atoms with Crippen LogP contribution >= 0.6 is 31.9 Å². The Bertz CT molecular complexity index is 622. The first kappa shape index (κ1) is 15.4. The highest BCUT2D eigenvalue weighted by molar-refractivity contribution is 9.11. The fourth-order valence-corrected chi connectivity index (χ4v) is 3.24. The molecule has 2 aromatic carbocycles. The molecule has 0 aliphatic rings. The summed E-state index contributed by atoms with van der Waals surface area (Å²) in [7, 11) is 1.43. The highest BCUT2D eigenvalue weighted by atomic mass is 79.9. The molecule has 1 unspecified atom stereocenters. The lowest BCUT2D eigenvalue weighted by atomic mass is 9.99. The van der Waals surface area contributed by atoms with Crippen molar-refractivity contribution in [2.24, 2.45) is 5.84 Å². The third kappa shape index (κ3) is 3.20. The summed E-state index contributed by atoms with van der Waals surface area (Å²) in [6.07, 6.45) is 0. The molecule has 0 aliphatic carbocycles. The first-order valence-electron chi connectivity index (χ1n) is 5.81. The van der Waals surface area contributed by atoms with Crippen LogP contribution in [0.1, 0.15) is 17.2 Å². The van der Waals surface area contributed by atoms with E-state index in [2.05, 4.69) is 37.3 Å². The third-order valence-corrected chi connectivity index (χ3v) is 4.13. The van der Waals surface area contributed by atoms with Crippen LogP contribution in [0.5, 0.6) is 5.75 Å². The zero-order valence-electron chi connectivity index (χ0n) is 10.7. The monoisotopic (exact) mass is 402 g/mol. The Labute approximate surface area is 133 Å². The average molecular weight is 404 g/mol. The van der Waals surface area contributed by atoms with Crippen LogP contribution in [0.25, 0.3) is 0 Å². The SMILES string of the molecule is COc1ccc(C(NN)c2ccc(Br)cc2Br)cc1F. The van der Waals surface area contributed by atoms with Crippen molar-refractivity contribution in [2.45, 2.75) is 6.04 Å². The Balaban J connectivity index is 2.44. The van der Waals surface area contributed by atoms with Crippen molar-refractivity contribution < 1.29 is 9.13 Å². The van der Waals surface area contributed by atoms with Gasteiger partial charge in [-0.1, -0.05) is 44.0 Å². The summed E-state index contributed by atoms with van der Waals surface area (Å²) in [5, 5.41) is 0. The smallest absolute Gasteiger partial charge is 0.165 e. The van der Waals surface area contributed by atoms with Gasteiger partial charge in [-0.25, -0.2) is 9.82 Å². The Morgan fingerprint density at radius 1 is 1.20 bits per heavy atom. The number of hydrogen-bond acceptors (Lipinski definition) is 3. The van der Waals surface area contributed by atoms with E-state index in [1.165, 1.54) is 13.2 Å². The molecule has 0 fully saturated rings. The number of halogens is 3. The molecule has 3 nitrogen and oxygen atoms in total. The molecular weight excluding hydrogens is 391 g/mol. The molecule has 0 saturated carbocycles. The van der Waals surface area contributed by atoms with Crippen LogP contribution in [-0.4, -0.2) is 7.11 Å². The molecule has 0 bridgehead atoms. The van der Waals surface area contributed by atoms with Crippen LogP contribution in [-0.2, 0) is 0 Å². The summed E-state index contributed by atoms with van der Waals surface area (Å²) in [6, 6.07) is 10.2. The van der Waals surface area contributed by atoms with Crippen LogP contribution in [0.2, 0.25) is 0 Å². The van der Waals surface area contributed by atoms with Crippen LogP contribution in [0.4, 0.5) is 4.39 Å². The molecule has 106 valence electrons. The van der Waals surface area contributed by atoms with Gasteiger partial charge in [0.1, 0.15) is 0 Å². The van der Waals surface area contributed by atoms with Crippen molar-refractivity contribution in [1.29, 1.82) is 0 Å². The average Bonchev–Trinajstić information content (AvgIpc) is 2.42. The van der Waals surface area contributed by atoms with Crippen molar-refractivity contribution in [3.05, 3.63) is 62.3 Å². The van der Waals surface area contributed by atoms with Gasteiger partial charge in [-0.2, -0.15) is 0 Å². The largest absolute Gasteiger partial charge is 0.494 e. The zero-order chi connectivity index (χ0) is 14.7. The molecule has 0 amide bonds. The lowest BCUT2D eigenvalue weighted by molar-refractivity contribution is 0.385. The van der Waals surface area contributed by atoms with E-state index in [0.29, 0.717) is 5.56 Å². The van der Waals surface area contributed by atoms with Crippen molar-refractivity contribution in [3.63, 3.8) is 0 Å². The zero-order valence-corrected chi connectivity index (χ0v) is 13.8. The predicted octanol–water partition coefficient (Wildman–Crippen LogP) is 3.91. The van der Waals surface area contributed by atoms with E-state index in [1.54, 1.807) is 12.1 Å². The van der Waals surface area contributed by atoms with Crippen LogP contribution in [0, 0.1) is 5.82 Å². The number of nitrogens with two attached hydrogens (primary N) is 1. The molecular formula is C14H13Br2FN2O. The summed E-state index contributed by atoms with van der Waals surface area (Å²) < 4.78 is 20.6. The summed E-state index contributed by atoms with van der Waals surface area (Å²) in [6.45, 7) is 0. The molecule has 0 radical (unpaired) electrons. The van der Waals surface area contributed by atoms with Gasteiger partial charge in [0, 0.05) is 8.95 Å². The Morgan fingerprint density at radius 2 is 1.95 bits per heavy atom. The first-order chi connectivity index (χ1) is 9.56. The van der Waals surface area contributed by atoms with E-state index in [9.17, 15) is 4.39 Å². The fraction of sp³-hybridized carbons (Fsp3) is 0.143. The van der Waals surface area contributed by atoms with Gasteiger partial charge in [-0.3, -0.25) is 5.84 Å². The molecule has 0 heterocycles. The maximum atomic E-state index is 13.8. The van der Waals surface area contributed by atoms with Crippen molar-refractivity contribution in [3.8, 4) is 5.75 Å². The number of nitrogens with one attached hydrogen (secondary N) is 1. The molecule has 0 aromatic heterocycles. The highest BCUT2D eigenvalue weighted by Gasteiger charge is 2.17. The fourth-order valence-electron chi connectivity index (χ4n) is 1.96. The maximum absolute atomic E-state index is 13.8. The van der Waals surface area contributed by atoms with E-state index in [0.717, 1.165) is 14.5 Å². The highest BCUT2D eigenvalue weighted by Crippen LogP contribution is 2.32. The van der Waals surface area contributed by atoms with E-state index >= 15 is 0 Å². The van der Waals surface area contributed by atoms with Gasteiger partial charge in [0.15, 0.2) is 11.6 Å². The van der Waals surface area contributed by atoms with Gasteiger partial charge in [-0.15, -0.1) is 0 Å². The molecule has 1 atom stereocenters. The second-order valence-electron chi connectivity index (χ2n) is 4.16. The number of methoxy groups -OCH3 is 1. The van der Waals surface area contributed by atoms with Gasteiger partial charge in [0.2, 0.25) is 0 Å². The van der Waals surface area contributed by atoms with Crippen LogP contribution in [0.3, 0.4) is 0 Å². The number of benzene rings is 2. The minimum Gasteiger partial charge on any atom is -0.494 e. The van der Waals surface area contributed by atoms with Gasteiger partial charge in [0.05, 0.1) is 13.2 Å². The quantitative estimate of drug-likeness (QED) is 0.600. The van der Waals surface area contributed by atoms with Gasteiger partial charge in [0.25, 0.3) is 0 Å². The number of ether oxygens (including phenoxy) is 1. The predicted molar refractivity (Wildman–Crippen MR) is 84.0 cm³/mol. The molecule has 20 heavy (non-hydrogen) atoms. The first-order valence-corrected chi connectivity index (χ1v) is 7.40. The van der Waals surface area contributed by atoms with Gasteiger partial charge in [-0.05, 0) is 35.4 Å². The summed E-state index contributed by atoms with van der Waals surface area (Å²) in [4.78, 5) is 0. The van der Waals surface area contributed by atoms with E-state index in [1.807, 2.05) is 18.2 Å². The molecule has 0 spiro atoms. The summed E-state index contributed by atoms with van der Waals surface area (Å²) >= 11 is 6.88. The summed E-state index contributed by atoms with van der Waals surface area (Å²) in [5.74, 6) is 5.42. The number of hydrogen-bond donors (Lipinski definition) is 2. The summed E-state index contributed by atoms with van der Waals surface area (Å²) in [5.41, 5.74) is 4.34. The van der Waals surface area contributed by atoms with E-state index in [4.69, 9.17) is 10.6 Å². The Hall–Kier alpha value is -0.950. The second-order valence-corrected chi connectivity index (χ2v) is 5.93. The lowest BCUT2D eigenvalue weighted by Gasteiger charge is -2.19. The Kier molecular flexibility index (Phi) is 5.15. The maximum Gasteiger partial charge on any atom is 0.165 e. The third-order valence-electron chi connectivity index (χ3n) is 2.95. The van der Waals surface area contributed by atoms with Gasteiger partial charge < -0.3 is 4.74 Å². The van der Waals surface area contributed by atoms with E-state index in [-0.39, 0.29) is 11.8 Å². The number of rotatable bonds is 4. The van der Waals surface area contributed by atoms with E-state index < -0.39 is 5.82 Å². The standard InChI is InChI=1S/C14H13Br2FN2O/c1-20-13-5-2-8(6-12(13)17)14(19-18)10-4-3-9(15)7-11(10)16/h2-7,14,19H,18H2,1H3. The molecule has 6 heteroatoms. The van der Waals surface area contributed by atoms with Crippen molar-refractivity contribution in [2.75, 3.05) is 7.11 Å². The molecule has 0 aliphatic heterocycles. The van der Waals surface area contributed by atoms with Crippen LogP contribution < -0.4 is 16.0 Å². The number of hydrazine groups is 1. The van der Waals surface area contributed by atoms with Gasteiger partial charge >= 0.3 is 0 Å². The normalized spacial score (nSPS) is 12.2.